The summed E-state index contributed by atoms with van der Waals surface area (Å²) in [5.41, 5.74) is 1.49. The molecule has 14 heavy (non-hydrogen) atoms. The summed E-state index contributed by atoms with van der Waals surface area (Å²) in [7, 11) is 0. The first-order valence-electron chi connectivity index (χ1n) is 5.36. The normalized spacial score (nSPS) is 10.9. The molecule has 0 bridgehead atoms. The molecule has 0 fully saturated rings. The van der Waals surface area contributed by atoms with Crippen LogP contribution in [0.3, 0.4) is 0 Å². The number of unbranched alkanes of at least 4 members (excludes halogenated alkanes) is 2. The van der Waals surface area contributed by atoms with Crippen molar-refractivity contribution in [2.75, 3.05) is 0 Å². The van der Waals surface area contributed by atoms with Crippen molar-refractivity contribution < 1.29 is 0 Å². The first kappa shape index (κ1) is 9.72. The molecule has 1 aromatic heterocycles. The summed E-state index contributed by atoms with van der Waals surface area (Å²) in [5.74, 6) is 0. The van der Waals surface area contributed by atoms with Gasteiger partial charge in [-0.2, -0.15) is 0 Å². The minimum absolute atomic E-state index is 1.24. The molecule has 0 aliphatic heterocycles. The van der Waals surface area contributed by atoms with Crippen molar-refractivity contribution in [2.24, 2.45) is 0 Å². The maximum atomic E-state index is 2.33. The lowest BCUT2D eigenvalue weighted by Crippen LogP contribution is -1.84. The Morgan fingerprint density at radius 2 is 2.07 bits per heavy atom. The second-order valence-electron chi connectivity index (χ2n) is 3.75. The fraction of sp³-hybridized carbons (Fsp3) is 0.385. The van der Waals surface area contributed by atoms with Gasteiger partial charge >= 0.3 is 0 Å². The fourth-order valence-electron chi connectivity index (χ4n) is 1.75. The van der Waals surface area contributed by atoms with Gasteiger partial charge in [0.25, 0.3) is 0 Å². The molecule has 0 atom stereocenters. The third-order valence-electron chi connectivity index (χ3n) is 2.59. The van der Waals surface area contributed by atoms with Crippen LogP contribution >= 0.6 is 11.3 Å². The largest absolute Gasteiger partial charge is 0.144 e. The molecular formula is C13H16S. The maximum Gasteiger partial charge on any atom is 0.0342 e. The third kappa shape index (κ3) is 2.16. The van der Waals surface area contributed by atoms with Crippen molar-refractivity contribution in [3.05, 3.63) is 35.2 Å². The van der Waals surface area contributed by atoms with E-state index in [0.29, 0.717) is 0 Å². The molecule has 0 spiro atoms. The minimum atomic E-state index is 1.24. The molecule has 2 rings (SSSR count). The van der Waals surface area contributed by atoms with E-state index in [1.165, 1.54) is 41.3 Å². The van der Waals surface area contributed by atoms with Crippen LogP contribution in [0.2, 0.25) is 0 Å². The average Bonchev–Trinajstić information content (AvgIpc) is 2.65. The van der Waals surface area contributed by atoms with E-state index in [9.17, 15) is 0 Å². The van der Waals surface area contributed by atoms with Crippen molar-refractivity contribution in [3.8, 4) is 0 Å². The van der Waals surface area contributed by atoms with Gasteiger partial charge in [0.1, 0.15) is 0 Å². The van der Waals surface area contributed by atoms with Crippen LogP contribution in [0.1, 0.15) is 31.7 Å². The Kier molecular flexibility index (Phi) is 3.20. The van der Waals surface area contributed by atoms with E-state index in [1.54, 1.807) is 0 Å². The van der Waals surface area contributed by atoms with Crippen molar-refractivity contribution >= 4 is 21.4 Å². The summed E-state index contributed by atoms with van der Waals surface area (Å²) in [6.45, 7) is 2.25. The van der Waals surface area contributed by atoms with E-state index in [4.69, 9.17) is 0 Å². The summed E-state index contributed by atoms with van der Waals surface area (Å²) >= 11 is 1.82. The molecule has 0 saturated heterocycles. The van der Waals surface area contributed by atoms with Gasteiger partial charge < -0.3 is 0 Å². The Balaban J connectivity index is 2.10. The Labute approximate surface area is 89.6 Å². The Morgan fingerprint density at radius 3 is 2.93 bits per heavy atom. The highest BCUT2D eigenvalue weighted by Gasteiger charge is 1.97. The number of aryl methyl sites for hydroxylation is 1. The molecule has 0 nitrogen and oxygen atoms in total. The summed E-state index contributed by atoms with van der Waals surface area (Å²) in [4.78, 5) is 0. The summed E-state index contributed by atoms with van der Waals surface area (Å²) in [6.07, 6.45) is 5.22. The number of rotatable bonds is 4. The lowest BCUT2D eigenvalue weighted by molar-refractivity contribution is 0.718. The summed E-state index contributed by atoms with van der Waals surface area (Å²) in [5, 5.41) is 3.57. The van der Waals surface area contributed by atoms with Crippen LogP contribution in [-0.2, 0) is 6.42 Å². The second kappa shape index (κ2) is 4.61. The van der Waals surface area contributed by atoms with Crippen LogP contribution in [0.25, 0.3) is 10.1 Å². The molecule has 0 saturated carbocycles. The molecule has 0 aliphatic carbocycles. The van der Waals surface area contributed by atoms with Crippen LogP contribution in [0.15, 0.2) is 29.6 Å². The Hall–Kier alpha value is -0.820. The molecule has 0 N–H and O–H groups in total. The smallest absolute Gasteiger partial charge is 0.0342 e. The Morgan fingerprint density at radius 1 is 1.14 bits per heavy atom. The van der Waals surface area contributed by atoms with Crippen molar-refractivity contribution in [1.29, 1.82) is 0 Å². The molecule has 0 aliphatic rings. The number of thiophene rings is 1. The van der Waals surface area contributed by atoms with E-state index < -0.39 is 0 Å². The minimum Gasteiger partial charge on any atom is -0.144 e. The number of hydrogen-bond donors (Lipinski definition) is 0. The van der Waals surface area contributed by atoms with E-state index in [-0.39, 0.29) is 0 Å². The maximum absolute atomic E-state index is 2.33. The van der Waals surface area contributed by atoms with Gasteiger partial charge in [-0.3, -0.25) is 0 Å². The van der Waals surface area contributed by atoms with Gasteiger partial charge in [0, 0.05) is 4.70 Å². The molecule has 0 radical (unpaired) electrons. The van der Waals surface area contributed by atoms with Crippen molar-refractivity contribution in [1.82, 2.24) is 0 Å². The predicted octanol–water partition coefficient (Wildman–Crippen LogP) is 4.63. The molecule has 0 amide bonds. The zero-order chi connectivity index (χ0) is 9.80. The van der Waals surface area contributed by atoms with E-state index in [1.807, 2.05) is 11.3 Å². The summed E-state index contributed by atoms with van der Waals surface area (Å²) < 4.78 is 1.41. The average molecular weight is 204 g/mol. The second-order valence-corrected chi connectivity index (χ2v) is 4.70. The standard InChI is InChI=1S/C13H16S/c1-2-3-4-5-11-6-7-13-12(10-11)8-9-14-13/h6-10H,2-5H2,1H3. The lowest BCUT2D eigenvalue weighted by Gasteiger charge is -2.00. The SMILES string of the molecule is CCCCCc1ccc2sccc2c1. The van der Waals surface area contributed by atoms with Gasteiger partial charge in [0.15, 0.2) is 0 Å². The first-order chi connectivity index (χ1) is 6.90. The number of hydrogen-bond acceptors (Lipinski definition) is 1. The van der Waals surface area contributed by atoms with Crippen LogP contribution in [-0.4, -0.2) is 0 Å². The molecule has 1 heterocycles. The number of benzene rings is 1. The quantitative estimate of drug-likeness (QED) is 0.637. The van der Waals surface area contributed by atoms with Crippen molar-refractivity contribution in [2.45, 2.75) is 32.6 Å². The van der Waals surface area contributed by atoms with E-state index in [2.05, 4.69) is 36.6 Å². The van der Waals surface area contributed by atoms with Gasteiger partial charge in [-0.1, -0.05) is 31.9 Å². The van der Waals surface area contributed by atoms with Gasteiger partial charge in [-0.15, -0.1) is 11.3 Å². The highest BCUT2D eigenvalue weighted by Crippen LogP contribution is 2.22. The van der Waals surface area contributed by atoms with Gasteiger partial charge in [-0.25, -0.2) is 0 Å². The Bertz CT molecular complexity index is 400. The molecule has 1 aromatic carbocycles. The van der Waals surface area contributed by atoms with Crippen LogP contribution in [0, 0.1) is 0 Å². The molecule has 74 valence electrons. The zero-order valence-corrected chi connectivity index (χ0v) is 9.44. The first-order valence-corrected chi connectivity index (χ1v) is 6.24. The highest BCUT2D eigenvalue weighted by molar-refractivity contribution is 7.17. The third-order valence-corrected chi connectivity index (χ3v) is 3.48. The van der Waals surface area contributed by atoms with Gasteiger partial charge in [-0.05, 0) is 41.3 Å². The molecule has 1 heteroatoms. The number of fused-ring (bicyclic) bond motifs is 1. The topological polar surface area (TPSA) is 0 Å². The van der Waals surface area contributed by atoms with Gasteiger partial charge in [0.05, 0.1) is 0 Å². The van der Waals surface area contributed by atoms with Crippen LogP contribution in [0.5, 0.6) is 0 Å². The highest BCUT2D eigenvalue weighted by atomic mass is 32.1. The molecule has 2 aromatic rings. The fourth-order valence-corrected chi connectivity index (χ4v) is 2.52. The van der Waals surface area contributed by atoms with E-state index in [0.717, 1.165) is 0 Å². The lowest BCUT2D eigenvalue weighted by atomic mass is 10.1. The summed E-state index contributed by atoms with van der Waals surface area (Å²) in [6, 6.07) is 9.07. The monoisotopic (exact) mass is 204 g/mol. The van der Waals surface area contributed by atoms with Crippen LogP contribution in [0.4, 0.5) is 0 Å². The molecule has 0 unspecified atom stereocenters. The van der Waals surface area contributed by atoms with Gasteiger partial charge in [0.2, 0.25) is 0 Å². The van der Waals surface area contributed by atoms with Crippen LogP contribution < -0.4 is 0 Å². The van der Waals surface area contributed by atoms with Crippen molar-refractivity contribution in [3.63, 3.8) is 0 Å². The zero-order valence-electron chi connectivity index (χ0n) is 8.62. The molecular weight excluding hydrogens is 188 g/mol. The van der Waals surface area contributed by atoms with E-state index >= 15 is 0 Å². The predicted molar refractivity (Wildman–Crippen MR) is 65.1 cm³/mol.